The minimum absolute atomic E-state index is 0.0815. The highest BCUT2D eigenvalue weighted by Gasteiger charge is 2.37. The Morgan fingerprint density at radius 2 is 1.72 bits per heavy atom. The molecule has 0 unspecified atom stereocenters. The van der Waals surface area contributed by atoms with E-state index < -0.39 is 23.9 Å². The van der Waals surface area contributed by atoms with E-state index in [1.54, 1.807) is 4.90 Å². The Labute approximate surface area is 170 Å². The van der Waals surface area contributed by atoms with Crippen LogP contribution in [-0.4, -0.2) is 30.4 Å². The highest BCUT2D eigenvalue weighted by molar-refractivity contribution is 6.00. The van der Waals surface area contributed by atoms with Crippen LogP contribution < -0.4 is 10.2 Å². The van der Waals surface area contributed by atoms with Gasteiger partial charge in [-0.3, -0.25) is 14.4 Å². The first-order valence-electron chi connectivity index (χ1n) is 9.70. The average molecular weight is 394 g/mol. The molecule has 2 aromatic rings. The van der Waals surface area contributed by atoms with Gasteiger partial charge in [-0.1, -0.05) is 35.4 Å². The van der Waals surface area contributed by atoms with Crippen molar-refractivity contribution < 1.29 is 19.1 Å². The number of rotatable bonds is 5. The Morgan fingerprint density at radius 1 is 1.07 bits per heavy atom. The molecule has 2 amide bonds. The number of anilines is 2. The van der Waals surface area contributed by atoms with E-state index in [-0.39, 0.29) is 18.9 Å². The lowest BCUT2D eigenvalue weighted by molar-refractivity contribution is -0.157. The molecule has 1 fully saturated rings. The van der Waals surface area contributed by atoms with Crippen molar-refractivity contribution in [1.82, 2.24) is 0 Å². The summed E-state index contributed by atoms with van der Waals surface area (Å²) in [6, 6.07) is 13.3. The van der Waals surface area contributed by atoms with Crippen molar-refractivity contribution in [3.63, 3.8) is 0 Å². The predicted octanol–water partition coefficient (Wildman–Crippen LogP) is 3.54. The van der Waals surface area contributed by atoms with Gasteiger partial charge < -0.3 is 15.0 Å². The summed E-state index contributed by atoms with van der Waals surface area (Å²) in [6.07, 6.45) is -0.871. The number of hydrogen-bond acceptors (Lipinski definition) is 4. The molecular formula is C23H26N2O4. The SMILES string of the molecule is Cc1ccc(N2C[C@@H](C(=O)O[C@H](C)C(=O)Nc3ccc(C)cc3C)CC2=O)cc1. The van der Waals surface area contributed by atoms with Gasteiger partial charge in [0.2, 0.25) is 5.91 Å². The smallest absolute Gasteiger partial charge is 0.312 e. The molecule has 1 N–H and O–H groups in total. The lowest BCUT2D eigenvalue weighted by atomic mass is 10.1. The summed E-state index contributed by atoms with van der Waals surface area (Å²) in [7, 11) is 0. The third kappa shape index (κ3) is 4.83. The third-order valence-corrected chi connectivity index (χ3v) is 5.11. The fraction of sp³-hybridized carbons (Fsp3) is 0.348. The van der Waals surface area contributed by atoms with Crippen molar-refractivity contribution in [2.45, 2.75) is 40.2 Å². The molecule has 0 radical (unpaired) electrons. The first-order chi connectivity index (χ1) is 13.7. The summed E-state index contributed by atoms with van der Waals surface area (Å²) in [5.74, 6) is -1.63. The molecule has 1 aliphatic heterocycles. The number of hydrogen-bond donors (Lipinski definition) is 1. The number of amides is 2. The Morgan fingerprint density at radius 3 is 2.38 bits per heavy atom. The van der Waals surface area contributed by atoms with Crippen molar-refractivity contribution >= 4 is 29.2 Å². The van der Waals surface area contributed by atoms with Crippen LogP contribution in [0, 0.1) is 26.7 Å². The molecule has 3 rings (SSSR count). The summed E-state index contributed by atoms with van der Waals surface area (Å²) < 4.78 is 5.35. The van der Waals surface area contributed by atoms with Gasteiger partial charge in [-0.15, -0.1) is 0 Å². The van der Waals surface area contributed by atoms with E-state index >= 15 is 0 Å². The van der Waals surface area contributed by atoms with Crippen molar-refractivity contribution in [2.24, 2.45) is 5.92 Å². The average Bonchev–Trinajstić information content (AvgIpc) is 3.06. The van der Waals surface area contributed by atoms with E-state index in [4.69, 9.17) is 4.74 Å². The first kappa shape index (κ1) is 20.6. The molecule has 1 aliphatic rings. The van der Waals surface area contributed by atoms with Gasteiger partial charge in [0, 0.05) is 24.3 Å². The number of carbonyl (C=O) groups is 3. The maximum Gasteiger partial charge on any atom is 0.312 e. The number of carbonyl (C=O) groups excluding carboxylic acids is 3. The van der Waals surface area contributed by atoms with Crippen molar-refractivity contribution in [3.8, 4) is 0 Å². The van der Waals surface area contributed by atoms with Gasteiger partial charge in [0.1, 0.15) is 0 Å². The van der Waals surface area contributed by atoms with Gasteiger partial charge in [0.15, 0.2) is 6.10 Å². The van der Waals surface area contributed by atoms with E-state index in [2.05, 4.69) is 5.32 Å². The third-order valence-electron chi connectivity index (χ3n) is 5.11. The second-order valence-corrected chi connectivity index (χ2v) is 7.63. The van der Waals surface area contributed by atoms with Gasteiger partial charge in [0.05, 0.1) is 5.92 Å². The maximum atomic E-state index is 12.5. The largest absolute Gasteiger partial charge is 0.452 e. The van der Waals surface area contributed by atoms with Gasteiger partial charge in [0.25, 0.3) is 5.91 Å². The van der Waals surface area contributed by atoms with E-state index in [1.165, 1.54) is 6.92 Å². The monoisotopic (exact) mass is 394 g/mol. The molecule has 0 spiro atoms. The molecule has 2 aromatic carbocycles. The van der Waals surface area contributed by atoms with Gasteiger partial charge in [-0.2, -0.15) is 0 Å². The second kappa shape index (κ2) is 8.47. The number of nitrogens with one attached hydrogen (secondary N) is 1. The minimum atomic E-state index is -0.952. The van der Waals surface area contributed by atoms with Crippen molar-refractivity contribution in [3.05, 3.63) is 59.2 Å². The first-order valence-corrected chi connectivity index (χ1v) is 9.70. The maximum absolute atomic E-state index is 12.5. The quantitative estimate of drug-likeness (QED) is 0.787. The summed E-state index contributed by atoms with van der Waals surface area (Å²) >= 11 is 0. The fourth-order valence-corrected chi connectivity index (χ4v) is 3.35. The molecule has 0 aromatic heterocycles. The zero-order valence-electron chi connectivity index (χ0n) is 17.2. The molecule has 0 bridgehead atoms. The van der Waals surface area contributed by atoms with E-state index in [0.29, 0.717) is 5.69 Å². The fourth-order valence-electron chi connectivity index (χ4n) is 3.35. The summed E-state index contributed by atoms with van der Waals surface area (Å²) in [6.45, 7) is 7.65. The van der Waals surface area contributed by atoms with Crippen LogP contribution in [0.3, 0.4) is 0 Å². The van der Waals surface area contributed by atoms with Crippen LogP contribution in [0.2, 0.25) is 0 Å². The van der Waals surface area contributed by atoms with Crippen molar-refractivity contribution in [1.29, 1.82) is 0 Å². The van der Waals surface area contributed by atoms with Gasteiger partial charge in [-0.25, -0.2) is 0 Å². The molecule has 1 saturated heterocycles. The summed E-state index contributed by atoms with van der Waals surface area (Å²) in [5, 5.41) is 2.79. The number of nitrogens with zero attached hydrogens (tertiary/aromatic N) is 1. The van der Waals surface area contributed by atoms with E-state index in [0.717, 1.165) is 22.4 Å². The molecule has 0 aliphatic carbocycles. The molecule has 2 atom stereocenters. The predicted molar refractivity (Wildman–Crippen MR) is 112 cm³/mol. The van der Waals surface area contributed by atoms with Crippen LogP contribution in [0.15, 0.2) is 42.5 Å². The highest BCUT2D eigenvalue weighted by Crippen LogP contribution is 2.26. The molecular weight excluding hydrogens is 368 g/mol. The Bertz CT molecular complexity index is 936. The molecule has 6 nitrogen and oxygen atoms in total. The van der Waals surface area contributed by atoms with Crippen LogP contribution in [0.5, 0.6) is 0 Å². The number of benzene rings is 2. The Balaban J connectivity index is 1.58. The normalized spacial score (nSPS) is 17.2. The molecule has 6 heteroatoms. The number of aryl methyl sites for hydroxylation is 3. The molecule has 152 valence electrons. The number of ether oxygens (including phenoxy) is 1. The molecule has 1 heterocycles. The van der Waals surface area contributed by atoms with Crippen LogP contribution in [0.1, 0.15) is 30.0 Å². The number of esters is 1. The minimum Gasteiger partial charge on any atom is -0.452 e. The van der Waals surface area contributed by atoms with E-state index in [1.807, 2.05) is 63.2 Å². The van der Waals surface area contributed by atoms with Crippen LogP contribution >= 0.6 is 0 Å². The lowest BCUT2D eigenvalue weighted by Crippen LogP contribution is -2.33. The van der Waals surface area contributed by atoms with Crippen LogP contribution in [-0.2, 0) is 19.1 Å². The molecule has 29 heavy (non-hydrogen) atoms. The summed E-state index contributed by atoms with van der Waals surface area (Å²) in [4.78, 5) is 38.9. The van der Waals surface area contributed by atoms with Crippen LogP contribution in [0.4, 0.5) is 11.4 Å². The summed E-state index contributed by atoms with van der Waals surface area (Å²) in [5.41, 5.74) is 4.58. The lowest BCUT2D eigenvalue weighted by Gasteiger charge is -2.18. The van der Waals surface area contributed by atoms with Crippen LogP contribution in [0.25, 0.3) is 0 Å². The molecule has 0 saturated carbocycles. The Hall–Kier alpha value is -3.15. The topological polar surface area (TPSA) is 75.7 Å². The van der Waals surface area contributed by atoms with Gasteiger partial charge in [-0.05, 0) is 51.5 Å². The van der Waals surface area contributed by atoms with Gasteiger partial charge >= 0.3 is 5.97 Å². The zero-order valence-corrected chi connectivity index (χ0v) is 17.2. The second-order valence-electron chi connectivity index (χ2n) is 7.63. The van der Waals surface area contributed by atoms with E-state index in [9.17, 15) is 14.4 Å². The van der Waals surface area contributed by atoms with Crippen molar-refractivity contribution in [2.75, 3.05) is 16.8 Å². The standard InChI is InChI=1S/C23H26N2O4/c1-14-5-8-19(9-6-14)25-13-18(12-21(25)26)23(28)29-17(4)22(27)24-20-10-7-15(2)11-16(20)3/h5-11,17-18H,12-13H2,1-4H3,(H,24,27)/t17-,18+/m1/s1. The highest BCUT2D eigenvalue weighted by atomic mass is 16.5. The Kier molecular flexibility index (Phi) is 6.01. The zero-order chi connectivity index (χ0) is 21.1.